The summed E-state index contributed by atoms with van der Waals surface area (Å²) in [4.78, 5) is 0. The van der Waals surface area contributed by atoms with Crippen LogP contribution in [-0.2, 0) is 6.42 Å². The fourth-order valence-corrected chi connectivity index (χ4v) is 1.63. The second-order valence-electron chi connectivity index (χ2n) is 3.29. The number of hydrogen-bond acceptors (Lipinski definition) is 1. The van der Waals surface area contributed by atoms with E-state index in [1.54, 1.807) is 24.3 Å². The van der Waals surface area contributed by atoms with Gasteiger partial charge in [0.25, 0.3) is 6.43 Å². The summed E-state index contributed by atoms with van der Waals surface area (Å²) in [6.45, 7) is 2.33. The minimum absolute atomic E-state index is 0.255. The molecule has 0 radical (unpaired) electrons. The highest BCUT2D eigenvalue weighted by atomic mass is 35.5. The predicted molar refractivity (Wildman–Crippen MR) is 58.6 cm³/mol. The first kappa shape index (κ1) is 12.4. The topological polar surface area (TPSA) is 12.0 Å². The van der Waals surface area contributed by atoms with Crippen LogP contribution < -0.4 is 5.32 Å². The standard InChI is InChI=1S/C11H14ClF2N/c1-2-15-10(11(13)14)7-8-5-3-4-6-9(8)12/h3-6,10-11,15H,2,7H2,1H3. The number of hydrogen-bond donors (Lipinski definition) is 1. The van der Waals surface area contributed by atoms with E-state index in [0.29, 0.717) is 11.6 Å². The summed E-state index contributed by atoms with van der Waals surface area (Å²) in [5, 5.41) is 3.29. The summed E-state index contributed by atoms with van der Waals surface area (Å²) in [6, 6.07) is 6.25. The first-order valence-corrected chi connectivity index (χ1v) is 5.28. The van der Waals surface area contributed by atoms with Crippen LogP contribution in [0.25, 0.3) is 0 Å². The van der Waals surface area contributed by atoms with Gasteiger partial charge < -0.3 is 5.32 Å². The minimum Gasteiger partial charge on any atom is -0.309 e. The van der Waals surface area contributed by atoms with Crippen molar-refractivity contribution in [1.29, 1.82) is 0 Å². The van der Waals surface area contributed by atoms with Crippen molar-refractivity contribution in [1.82, 2.24) is 5.32 Å². The van der Waals surface area contributed by atoms with Gasteiger partial charge in [0.1, 0.15) is 0 Å². The first-order chi connectivity index (χ1) is 7.15. The molecule has 1 unspecified atom stereocenters. The summed E-state index contributed by atoms with van der Waals surface area (Å²) in [6.07, 6.45) is -2.12. The van der Waals surface area contributed by atoms with Crippen molar-refractivity contribution in [2.24, 2.45) is 0 Å². The molecule has 4 heteroatoms. The zero-order valence-electron chi connectivity index (χ0n) is 8.51. The molecule has 0 saturated heterocycles. The van der Waals surface area contributed by atoms with Crippen LogP contribution in [0.5, 0.6) is 0 Å². The Morgan fingerprint density at radius 2 is 2.00 bits per heavy atom. The maximum atomic E-state index is 12.6. The molecular formula is C11H14ClF2N. The Hall–Kier alpha value is -0.670. The van der Waals surface area contributed by atoms with Gasteiger partial charge in [-0.05, 0) is 24.6 Å². The molecule has 1 aromatic rings. The number of nitrogens with one attached hydrogen (secondary N) is 1. The minimum atomic E-state index is -2.37. The molecule has 0 aromatic heterocycles. The van der Waals surface area contributed by atoms with Gasteiger partial charge in [0.2, 0.25) is 0 Å². The lowest BCUT2D eigenvalue weighted by Gasteiger charge is -2.17. The van der Waals surface area contributed by atoms with Gasteiger partial charge in [-0.25, -0.2) is 8.78 Å². The van der Waals surface area contributed by atoms with Crippen LogP contribution in [0.2, 0.25) is 5.02 Å². The van der Waals surface area contributed by atoms with Crippen molar-refractivity contribution < 1.29 is 8.78 Å². The van der Waals surface area contributed by atoms with Gasteiger partial charge in [0.05, 0.1) is 6.04 Å². The molecule has 1 rings (SSSR count). The smallest absolute Gasteiger partial charge is 0.254 e. The van der Waals surface area contributed by atoms with Gasteiger partial charge in [-0.15, -0.1) is 0 Å². The number of benzene rings is 1. The van der Waals surface area contributed by atoms with E-state index in [-0.39, 0.29) is 6.42 Å². The molecule has 0 amide bonds. The second kappa shape index (κ2) is 6.03. The average Bonchev–Trinajstić information content (AvgIpc) is 2.20. The number of rotatable bonds is 5. The van der Waals surface area contributed by atoms with E-state index >= 15 is 0 Å². The van der Waals surface area contributed by atoms with Gasteiger partial charge >= 0.3 is 0 Å². The van der Waals surface area contributed by atoms with E-state index in [0.717, 1.165) is 5.56 Å². The Bertz CT molecular complexity index is 304. The summed E-state index contributed by atoms with van der Waals surface area (Å²) < 4.78 is 25.2. The highest BCUT2D eigenvalue weighted by molar-refractivity contribution is 6.31. The Kier molecular flexibility index (Phi) is 4.99. The van der Waals surface area contributed by atoms with Crippen LogP contribution in [0.3, 0.4) is 0 Å². The van der Waals surface area contributed by atoms with Crippen molar-refractivity contribution in [3.63, 3.8) is 0 Å². The van der Waals surface area contributed by atoms with E-state index in [4.69, 9.17) is 11.6 Å². The molecule has 0 saturated carbocycles. The molecule has 0 aliphatic heterocycles. The van der Waals surface area contributed by atoms with Crippen molar-refractivity contribution in [3.8, 4) is 0 Å². The molecule has 15 heavy (non-hydrogen) atoms. The Morgan fingerprint density at radius 3 is 2.53 bits per heavy atom. The van der Waals surface area contributed by atoms with E-state index in [9.17, 15) is 8.78 Å². The zero-order chi connectivity index (χ0) is 11.3. The normalized spacial score (nSPS) is 13.1. The summed E-state index contributed by atoms with van der Waals surface area (Å²) in [7, 11) is 0. The third kappa shape index (κ3) is 3.76. The highest BCUT2D eigenvalue weighted by Crippen LogP contribution is 2.18. The van der Waals surface area contributed by atoms with Crippen LogP contribution in [-0.4, -0.2) is 19.0 Å². The van der Waals surface area contributed by atoms with E-state index in [2.05, 4.69) is 5.32 Å². The molecule has 1 atom stereocenters. The highest BCUT2D eigenvalue weighted by Gasteiger charge is 2.20. The van der Waals surface area contributed by atoms with Gasteiger partial charge in [-0.3, -0.25) is 0 Å². The molecule has 0 spiro atoms. The number of likely N-dealkylation sites (N-methyl/N-ethyl adjacent to an activating group) is 1. The lowest BCUT2D eigenvalue weighted by molar-refractivity contribution is 0.0991. The molecule has 0 heterocycles. The van der Waals surface area contributed by atoms with E-state index < -0.39 is 12.5 Å². The molecule has 0 fully saturated rings. The molecule has 0 aliphatic carbocycles. The predicted octanol–water partition coefficient (Wildman–Crippen LogP) is 3.13. The maximum absolute atomic E-state index is 12.6. The monoisotopic (exact) mass is 233 g/mol. The molecule has 0 aliphatic rings. The SMILES string of the molecule is CCNC(Cc1ccccc1Cl)C(F)F. The third-order valence-corrected chi connectivity index (χ3v) is 2.54. The quantitative estimate of drug-likeness (QED) is 0.824. The fourth-order valence-electron chi connectivity index (χ4n) is 1.41. The van der Waals surface area contributed by atoms with E-state index in [1.807, 2.05) is 6.92 Å². The lowest BCUT2D eigenvalue weighted by Crippen LogP contribution is -2.37. The number of alkyl halides is 2. The molecule has 1 aromatic carbocycles. The van der Waals surface area contributed by atoms with Crippen molar-refractivity contribution in [2.75, 3.05) is 6.54 Å². The molecule has 84 valence electrons. The largest absolute Gasteiger partial charge is 0.309 e. The van der Waals surface area contributed by atoms with Crippen molar-refractivity contribution in [2.45, 2.75) is 25.8 Å². The summed E-state index contributed by atoms with van der Waals surface area (Å²) >= 11 is 5.90. The van der Waals surface area contributed by atoms with Gasteiger partial charge in [0.15, 0.2) is 0 Å². The van der Waals surface area contributed by atoms with Crippen LogP contribution in [0.15, 0.2) is 24.3 Å². The van der Waals surface area contributed by atoms with Crippen LogP contribution in [0.1, 0.15) is 12.5 Å². The maximum Gasteiger partial charge on any atom is 0.254 e. The summed E-state index contributed by atoms with van der Waals surface area (Å²) in [5.41, 5.74) is 0.755. The Labute approximate surface area is 93.4 Å². The average molecular weight is 234 g/mol. The van der Waals surface area contributed by atoms with Gasteiger partial charge in [-0.1, -0.05) is 36.7 Å². The van der Waals surface area contributed by atoms with Crippen molar-refractivity contribution >= 4 is 11.6 Å². The first-order valence-electron chi connectivity index (χ1n) is 4.90. The van der Waals surface area contributed by atoms with Gasteiger partial charge in [-0.2, -0.15) is 0 Å². The molecular weight excluding hydrogens is 220 g/mol. The van der Waals surface area contributed by atoms with E-state index in [1.165, 1.54) is 0 Å². The van der Waals surface area contributed by atoms with Gasteiger partial charge in [0, 0.05) is 5.02 Å². The van der Waals surface area contributed by atoms with Crippen LogP contribution in [0, 0.1) is 0 Å². The number of halogens is 3. The third-order valence-electron chi connectivity index (χ3n) is 2.17. The summed E-state index contributed by atoms with van der Waals surface area (Å²) in [5.74, 6) is 0. The lowest BCUT2D eigenvalue weighted by atomic mass is 10.1. The molecule has 0 bridgehead atoms. The zero-order valence-corrected chi connectivity index (χ0v) is 9.27. The molecule has 1 N–H and O–H groups in total. The van der Waals surface area contributed by atoms with Crippen LogP contribution >= 0.6 is 11.6 Å². The van der Waals surface area contributed by atoms with Crippen molar-refractivity contribution in [3.05, 3.63) is 34.9 Å². The molecule has 1 nitrogen and oxygen atoms in total. The second-order valence-corrected chi connectivity index (χ2v) is 3.70. The van der Waals surface area contributed by atoms with Crippen LogP contribution in [0.4, 0.5) is 8.78 Å². The Morgan fingerprint density at radius 1 is 1.33 bits per heavy atom. The Balaban J connectivity index is 2.69. The fraction of sp³-hybridized carbons (Fsp3) is 0.455.